The zero-order chi connectivity index (χ0) is 12.7. The summed E-state index contributed by atoms with van der Waals surface area (Å²) in [4.78, 5) is 22.5. The number of carbonyl (C=O) groups excluding carboxylic acids is 2. The van der Waals surface area contributed by atoms with E-state index >= 15 is 0 Å². The molecule has 94 valence electrons. The molecule has 0 aromatic carbocycles. The Balaban J connectivity index is 2.18. The predicted octanol–water partition coefficient (Wildman–Crippen LogP) is 1.80. The second kappa shape index (κ2) is 7.01. The van der Waals surface area contributed by atoms with Crippen molar-refractivity contribution in [3.8, 4) is 0 Å². The van der Waals surface area contributed by atoms with E-state index < -0.39 is 18.2 Å². The largest absolute Gasteiger partial charge is 0.467 e. The third-order valence-corrected chi connectivity index (χ3v) is 2.46. The first-order chi connectivity index (χ1) is 8.20. The monoisotopic (exact) mass is 238 g/mol. The first-order valence-electron chi connectivity index (χ1n) is 5.75. The molecule has 2 unspecified atom stereocenters. The molecule has 0 aromatic heterocycles. The van der Waals surface area contributed by atoms with Crippen molar-refractivity contribution in [1.82, 2.24) is 0 Å². The van der Waals surface area contributed by atoms with E-state index in [1.54, 1.807) is 0 Å². The molecule has 1 heterocycles. The van der Waals surface area contributed by atoms with Crippen LogP contribution in [0.2, 0.25) is 0 Å². The minimum atomic E-state index is -0.694. The van der Waals surface area contributed by atoms with Gasteiger partial charge in [0.1, 0.15) is 0 Å². The van der Waals surface area contributed by atoms with Crippen LogP contribution in [0.5, 0.6) is 0 Å². The highest BCUT2D eigenvalue weighted by molar-refractivity contribution is 6.00. The van der Waals surface area contributed by atoms with E-state index in [1.165, 1.54) is 13.2 Å². The summed E-state index contributed by atoms with van der Waals surface area (Å²) >= 11 is 0. The molecule has 1 rings (SSSR count). The van der Waals surface area contributed by atoms with Crippen LogP contribution in [0.25, 0.3) is 0 Å². The Morgan fingerprint density at radius 2 is 1.94 bits per heavy atom. The molecule has 4 heteroatoms. The highest BCUT2D eigenvalue weighted by atomic mass is 16.6. The summed E-state index contributed by atoms with van der Waals surface area (Å²) in [6, 6.07) is 0. The molecule has 1 fully saturated rings. The average Bonchev–Trinajstić information content (AvgIpc) is 3.12. The molecule has 17 heavy (non-hydrogen) atoms. The van der Waals surface area contributed by atoms with Crippen molar-refractivity contribution >= 4 is 11.8 Å². The van der Waals surface area contributed by atoms with E-state index in [4.69, 9.17) is 4.74 Å². The topological polar surface area (TPSA) is 55.9 Å². The number of carbonyl (C=O) groups is 2. The molecular weight excluding hydrogens is 220 g/mol. The van der Waals surface area contributed by atoms with Crippen LogP contribution >= 0.6 is 0 Å². The normalized spacial score (nSPS) is 23.2. The van der Waals surface area contributed by atoms with Crippen LogP contribution in [0.1, 0.15) is 26.2 Å². The molecule has 0 bridgehead atoms. The van der Waals surface area contributed by atoms with Crippen LogP contribution in [0.3, 0.4) is 0 Å². The van der Waals surface area contributed by atoms with E-state index in [9.17, 15) is 9.59 Å². The van der Waals surface area contributed by atoms with Gasteiger partial charge in [-0.15, -0.1) is 0 Å². The molecule has 0 amide bonds. The van der Waals surface area contributed by atoms with Crippen molar-refractivity contribution in [3.05, 3.63) is 24.3 Å². The Kier molecular flexibility index (Phi) is 5.63. The van der Waals surface area contributed by atoms with Gasteiger partial charge in [0, 0.05) is 0 Å². The van der Waals surface area contributed by atoms with Crippen molar-refractivity contribution in [1.29, 1.82) is 0 Å². The number of methoxy groups -OCH3 is 1. The van der Waals surface area contributed by atoms with E-state index in [-0.39, 0.29) is 5.78 Å². The van der Waals surface area contributed by atoms with Gasteiger partial charge in [0.15, 0.2) is 18.0 Å². The van der Waals surface area contributed by atoms with Crippen molar-refractivity contribution in [3.63, 3.8) is 0 Å². The second-order valence-corrected chi connectivity index (χ2v) is 3.81. The Morgan fingerprint density at radius 1 is 1.24 bits per heavy atom. The molecule has 0 radical (unpaired) electrons. The lowest BCUT2D eigenvalue weighted by Gasteiger charge is -1.91. The summed E-state index contributed by atoms with van der Waals surface area (Å²) < 4.78 is 9.42. The van der Waals surface area contributed by atoms with Crippen molar-refractivity contribution in [2.24, 2.45) is 0 Å². The van der Waals surface area contributed by atoms with Crippen LogP contribution in [-0.4, -0.2) is 31.1 Å². The lowest BCUT2D eigenvalue weighted by molar-refractivity contribution is -0.142. The molecule has 1 aliphatic heterocycles. The van der Waals surface area contributed by atoms with Crippen molar-refractivity contribution in [2.45, 2.75) is 38.4 Å². The van der Waals surface area contributed by atoms with E-state index in [1.807, 2.05) is 19.1 Å². The Labute approximate surface area is 101 Å². The Morgan fingerprint density at radius 3 is 2.59 bits per heavy atom. The molecule has 4 nitrogen and oxygen atoms in total. The number of hydrogen-bond donors (Lipinski definition) is 0. The molecular formula is C13H18O4. The van der Waals surface area contributed by atoms with E-state index in [0.717, 1.165) is 19.3 Å². The van der Waals surface area contributed by atoms with E-state index in [2.05, 4.69) is 10.8 Å². The number of ketones is 1. The number of epoxide rings is 1. The van der Waals surface area contributed by atoms with Gasteiger partial charge >= 0.3 is 5.97 Å². The van der Waals surface area contributed by atoms with Gasteiger partial charge in [0.25, 0.3) is 0 Å². The maximum atomic E-state index is 11.5. The van der Waals surface area contributed by atoms with Gasteiger partial charge in [-0.2, -0.15) is 0 Å². The van der Waals surface area contributed by atoms with Crippen LogP contribution in [0.15, 0.2) is 24.3 Å². The maximum absolute atomic E-state index is 11.5. The minimum absolute atomic E-state index is 0.161. The number of esters is 1. The number of unbranched alkanes of at least 4 members (excludes halogenated alkanes) is 2. The maximum Gasteiger partial charge on any atom is 0.338 e. The van der Waals surface area contributed by atoms with Crippen molar-refractivity contribution < 1.29 is 19.1 Å². The standard InChI is InChI=1S/C13H18O4/c1-3-4-5-6-7-8-9-10(14)11-12(17-11)13(15)16-2/h3-4,8-9,11-12H,5-7H2,1-2H3. The van der Waals surface area contributed by atoms with Crippen LogP contribution in [-0.2, 0) is 19.1 Å². The van der Waals surface area contributed by atoms with Crippen LogP contribution in [0.4, 0.5) is 0 Å². The molecule has 0 N–H and O–H groups in total. The number of rotatable bonds is 7. The molecule has 0 spiro atoms. The summed E-state index contributed by atoms with van der Waals surface area (Å²) in [5.41, 5.74) is 0. The zero-order valence-corrected chi connectivity index (χ0v) is 10.2. The van der Waals surface area contributed by atoms with Gasteiger partial charge in [0.05, 0.1) is 7.11 Å². The summed E-state index contributed by atoms with van der Waals surface area (Å²) in [6.45, 7) is 1.98. The first kappa shape index (κ1) is 13.6. The summed E-state index contributed by atoms with van der Waals surface area (Å²) in [5, 5.41) is 0. The number of ether oxygens (including phenoxy) is 2. The minimum Gasteiger partial charge on any atom is -0.467 e. The lowest BCUT2D eigenvalue weighted by Crippen LogP contribution is -2.15. The molecule has 1 saturated heterocycles. The molecule has 0 saturated carbocycles. The van der Waals surface area contributed by atoms with Gasteiger partial charge < -0.3 is 9.47 Å². The SMILES string of the molecule is CC=CCCCC=CC(=O)C1OC1C(=O)OC. The van der Waals surface area contributed by atoms with Crippen LogP contribution < -0.4 is 0 Å². The van der Waals surface area contributed by atoms with Gasteiger partial charge in [-0.25, -0.2) is 4.79 Å². The molecule has 0 aliphatic carbocycles. The average molecular weight is 238 g/mol. The highest BCUT2D eigenvalue weighted by Crippen LogP contribution is 2.24. The zero-order valence-electron chi connectivity index (χ0n) is 10.2. The predicted molar refractivity (Wildman–Crippen MR) is 63.5 cm³/mol. The van der Waals surface area contributed by atoms with Gasteiger partial charge in [-0.3, -0.25) is 4.79 Å². The second-order valence-electron chi connectivity index (χ2n) is 3.81. The smallest absolute Gasteiger partial charge is 0.338 e. The molecule has 2 atom stereocenters. The molecule has 0 aromatic rings. The Hall–Kier alpha value is -1.42. The number of hydrogen-bond acceptors (Lipinski definition) is 4. The van der Waals surface area contributed by atoms with Gasteiger partial charge in [-0.05, 0) is 32.3 Å². The highest BCUT2D eigenvalue weighted by Gasteiger charge is 2.50. The number of allylic oxidation sites excluding steroid dienone is 3. The Bertz CT molecular complexity index is 330. The van der Waals surface area contributed by atoms with Gasteiger partial charge in [-0.1, -0.05) is 18.2 Å². The third kappa shape index (κ3) is 4.53. The van der Waals surface area contributed by atoms with Gasteiger partial charge in [0.2, 0.25) is 0 Å². The fraction of sp³-hybridized carbons (Fsp3) is 0.538. The summed E-state index contributed by atoms with van der Waals surface area (Å²) in [7, 11) is 1.28. The quantitative estimate of drug-likeness (QED) is 0.223. The lowest BCUT2D eigenvalue weighted by atomic mass is 10.1. The fourth-order valence-corrected chi connectivity index (χ4v) is 1.44. The van der Waals surface area contributed by atoms with Crippen molar-refractivity contribution in [2.75, 3.05) is 7.11 Å². The summed E-state index contributed by atoms with van der Waals surface area (Å²) in [5.74, 6) is -0.642. The summed E-state index contributed by atoms with van der Waals surface area (Å²) in [6.07, 6.45) is 8.96. The fourth-order valence-electron chi connectivity index (χ4n) is 1.44. The first-order valence-corrected chi connectivity index (χ1v) is 5.75. The molecule has 1 aliphatic rings. The van der Waals surface area contributed by atoms with Crippen LogP contribution in [0, 0.1) is 0 Å². The third-order valence-electron chi connectivity index (χ3n) is 2.46. The van der Waals surface area contributed by atoms with E-state index in [0.29, 0.717) is 0 Å².